The molecule has 3 aromatic rings. The predicted octanol–water partition coefficient (Wildman–Crippen LogP) is 5.47. The maximum absolute atomic E-state index is 11.6. The van der Waals surface area contributed by atoms with Gasteiger partial charge in [-0.1, -0.05) is 48.0 Å². The quantitative estimate of drug-likeness (QED) is 0.629. The highest BCUT2D eigenvalue weighted by atomic mass is 16.4. The molecule has 1 heterocycles. The zero-order valence-corrected chi connectivity index (χ0v) is 16.1. The maximum Gasteiger partial charge on any atom is 0.335 e. The Morgan fingerprint density at radius 1 is 0.964 bits per heavy atom. The van der Waals surface area contributed by atoms with Crippen LogP contribution in [-0.2, 0) is 6.42 Å². The van der Waals surface area contributed by atoms with Crippen LogP contribution in [0.1, 0.15) is 55.7 Å². The highest BCUT2D eigenvalue weighted by Gasteiger charge is 2.43. The number of fused-ring (bicyclic) bond motifs is 5. The van der Waals surface area contributed by atoms with Crippen molar-refractivity contribution in [3.63, 3.8) is 0 Å². The summed E-state index contributed by atoms with van der Waals surface area (Å²) in [7, 11) is 0. The third-order valence-corrected chi connectivity index (χ3v) is 6.42. The number of aromatic carboxylic acids is 1. The first-order valence-corrected chi connectivity index (χ1v) is 9.81. The van der Waals surface area contributed by atoms with E-state index in [4.69, 9.17) is 0 Å². The lowest BCUT2D eigenvalue weighted by atomic mass is 9.74. The first kappa shape index (κ1) is 17.1. The van der Waals surface area contributed by atoms with Crippen LogP contribution < -0.4 is 5.32 Å². The Hall–Kier alpha value is -3.07. The SMILES string of the molecule is Cc1ccc(C)c([C@@H]2Nc3ccc(C(=O)O)cc3[C@H]3c4ccccc4C[C@H]32)c1. The first-order chi connectivity index (χ1) is 13.5. The summed E-state index contributed by atoms with van der Waals surface area (Å²) >= 11 is 0. The van der Waals surface area contributed by atoms with E-state index in [2.05, 4.69) is 61.6 Å². The fourth-order valence-corrected chi connectivity index (χ4v) is 5.10. The molecule has 140 valence electrons. The van der Waals surface area contributed by atoms with Gasteiger partial charge in [0.15, 0.2) is 0 Å². The Kier molecular flexibility index (Phi) is 3.80. The second kappa shape index (κ2) is 6.23. The van der Waals surface area contributed by atoms with Gasteiger partial charge in [-0.3, -0.25) is 0 Å². The third-order valence-electron chi connectivity index (χ3n) is 6.42. The fourth-order valence-electron chi connectivity index (χ4n) is 5.10. The van der Waals surface area contributed by atoms with Gasteiger partial charge in [0.1, 0.15) is 0 Å². The molecule has 0 fully saturated rings. The summed E-state index contributed by atoms with van der Waals surface area (Å²) in [5.41, 5.74) is 9.14. The van der Waals surface area contributed by atoms with E-state index in [9.17, 15) is 9.90 Å². The monoisotopic (exact) mass is 369 g/mol. The van der Waals surface area contributed by atoms with E-state index >= 15 is 0 Å². The number of anilines is 1. The molecule has 0 spiro atoms. The standard InChI is InChI=1S/C25H23NO2/c1-14-7-8-15(2)19(11-14)24-21-12-16-5-3-4-6-18(16)23(21)20-13-17(25(27)28)9-10-22(20)26-24/h3-11,13,21,23-24,26H,12H2,1-2H3,(H,27,28)/t21-,23-,24+/m1/s1. The zero-order valence-electron chi connectivity index (χ0n) is 16.1. The van der Waals surface area contributed by atoms with Crippen LogP contribution in [0.25, 0.3) is 0 Å². The number of hydrogen-bond donors (Lipinski definition) is 2. The number of aryl methyl sites for hydroxylation is 2. The van der Waals surface area contributed by atoms with Crippen molar-refractivity contribution in [1.82, 2.24) is 0 Å². The smallest absolute Gasteiger partial charge is 0.335 e. The molecule has 0 saturated carbocycles. The summed E-state index contributed by atoms with van der Waals surface area (Å²) < 4.78 is 0. The molecule has 0 radical (unpaired) electrons. The molecule has 3 heteroatoms. The molecule has 0 amide bonds. The molecule has 0 unspecified atom stereocenters. The average Bonchev–Trinajstić information content (AvgIpc) is 3.08. The van der Waals surface area contributed by atoms with Crippen LogP contribution in [0.15, 0.2) is 60.7 Å². The summed E-state index contributed by atoms with van der Waals surface area (Å²) in [4.78, 5) is 11.6. The van der Waals surface area contributed by atoms with Gasteiger partial charge in [-0.15, -0.1) is 0 Å². The van der Waals surface area contributed by atoms with Gasteiger partial charge >= 0.3 is 5.97 Å². The van der Waals surface area contributed by atoms with Crippen LogP contribution in [0.2, 0.25) is 0 Å². The minimum atomic E-state index is -0.873. The highest BCUT2D eigenvalue weighted by molar-refractivity contribution is 5.89. The molecular formula is C25H23NO2. The third kappa shape index (κ3) is 2.54. The summed E-state index contributed by atoms with van der Waals surface area (Å²) in [6, 6.07) is 21.0. The van der Waals surface area contributed by atoms with Crippen LogP contribution in [-0.4, -0.2) is 11.1 Å². The molecule has 2 N–H and O–H groups in total. The normalized spacial score (nSPS) is 22.0. The van der Waals surface area contributed by atoms with E-state index in [1.165, 1.54) is 27.8 Å². The van der Waals surface area contributed by atoms with Gasteiger partial charge in [0.05, 0.1) is 11.6 Å². The minimum absolute atomic E-state index is 0.209. The highest BCUT2D eigenvalue weighted by Crippen LogP contribution is 2.54. The van der Waals surface area contributed by atoms with Crippen molar-refractivity contribution >= 4 is 11.7 Å². The fraction of sp³-hybridized carbons (Fsp3) is 0.240. The van der Waals surface area contributed by atoms with E-state index in [1.54, 1.807) is 6.07 Å². The van der Waals surface area contributed by atoms with E-state index in [-0.39, 0.29) is 12.0 Å². The van der Waals surface area contributed by atoms with Crippen LogP contribution >= 0.6 is 0 Å². The molecule has 3 nitrogen and oxygen atoms in total. The first-order valence-electron chi connectivity index (χ1n) is 9.81. The van der Waals surface area contributed by atoms with Crippen LogP contribution in [0.3, 0.4) is 0 Å². The van der Waals surface area contributed by atoms with Crippen LogP contribution in [0.4, 0.5) is 5.69 Å². The largest absolute Gasteiger partial charge is 0.478 e. The van der Waals surface area contributed by atoms with Gasteiger partial charge in [-0.05, 0) is 72.2 Å². The lowest BCUT2D eigenvalue weighted by Gasteiger charge is -2.39. The van der Waals surface area contributed by atoms with Crippen molar-refractivity contribution in [3.8, 4) is 0 Å². The second-order valence-electron chi connectivity index (χ2n) is 8.13. The van der Waals surface area contributed by atoms with Crippen molar-refractivity contribution in [3.05, 3.63) is 99.6 Å². The summed E-state index contributed by atoms with van der Waals surface area (Å²) in [6.07, 6.45) is 1.00. The molecule has 3 aromatic carbocycles. The van der Waals surface area contributed by atoms with E-state index in [0.29, 0.717) is 11.5 Å². The number of rotatable bonds is 2. The van der Waals surface area contributed by atoms with E-state index in [0.717, 1.165) is 17.7 Å². The molecule has 28 heavy (non-hydrogen) atoms. The van der Waals surface area contributed by atoms with Crippen LogP contribution in [0.5, 0.6) is 0 Å². The van der Waals surface area contributed by atoms with E-state index in [1.807, 2.05) is 12.1 Å². The number of hydrogen-bond acceptors (Lipinski definition) is 2. The van der Waals surface area contributed by atoms with Crippen molar-refractivity contribution in [2.75, 3.05) is 5.32 Å². The molecule has 0 aromatic heterocycles. The van der Waals surface area contributed by atoms with E-state index < -0.39 is 5.97 Å². The molecule has 1 aliphatic heterocycles. The molecule has 1 aliphatic carbocycles. The van der Waals surface area contributed by atoms with Gasteiger partial charge in [-0.25, -0.2) is 4.79 Å². The molecular weight excluding hydrogens is 346 g/mol. The number of carboxylic acid groups (broad SMARTS) is 1. The lowest BCUT2D eigenvalue weighted by Crippen LogP contribution is -2.31. The van der Waals surface area contributed by atoms with Crippen molar-refractivity contribution < 1.29 is 9.90 Å². The van der Waals surface area contributed by atoms with Gasteiger partial charge in [0, 0.05) is 11.6 Å². The minimum Gasteiger partial charge on any atom is -0.478 e. The number of carbonyl (C=O) groups is 1. The maximum atomic E-state index is 11.6. The number of nitrogens with one attached hydrogen (secondary N) is 1. The molecule has 5 rings (SSSR count). The topological polar surface area (TPSA) is 49.3 Å². The summed E-state index contributed by atoms with van der Waals surface area (Å²) in [5.74, 6) is -0.284. The van der Waals surface area contributed by atoms with Crippen molar-refractivity contribution in [1.29, 1.82) is 0 Å². The Labute approximate surface area is 165 Å². The Morgan fingerprint density at radius 2 is 1.79 bits per heavy atom. The van der Waals surface area contributed by atoms with Gasteiger partial charge < -0.3 is 10.4 Å². The van der Waals surface area contributed by atoms with Crippen molar-refractivity contribution in [2.24, 2.45) is 5.92 Å². The Bertz CT molecular complexity index is 1100. The molecule has 2 aliphatic rings. The zero-order chi connectivity index (χ0) is 19.4. The Morgan fingerprint density at radius 3 is 2.61 bits per heavy atom. The van der Waals surface area contributed by atoms with Crippen LogP contribution in [0, 0.1) is 19.8 Å². The van der Waals surface area contributed by atoms with Gasteiger partial charge in [-0.2, -0.15) is 0 Å². The lowest BCUT2D eigenvalue weighted by molar-refractivity contribution is 0.0696. The number of carboxylic acids is 1. The molecule has 3 atom stereocenters. The van der Waals surface area contributed by atoms with Gasteiger partial charge in [0.2, 0.25) is 0 Å². The van der Waals surface area contributed by atoms with Gasteiger partial charge in [0.25, 0.3) is 0 Å². The summed E-state index contributed by atoms with van der Waals surface area (Å²) in [5, 5.41) is 13.3. The predicted molar refractivity (Wildman–Crippen MR) is 111 cm³/mol. The Balaban J connectivity index is 1.71. The van der Waals surface area contributed by atoms with Crippen molar-refractivity contribution in [2.45, 2.75) is 32.2 Å². The molecule has 0 saturated heterocycles. The summed E-state index contributed by atoms with van der Waals surface area (Å²) in [6.45, 7) is 4.32. The molecule has 0 bridgehead atoms. The second-order valence-corrected chi connectivity index (χ2v) is 8.13. The number of benzene rings is 3. The average molecular weight is 369 g/mol.